The summed E-state index contributed by atoms with van der Waals surface area (Å²) in [4.78, 5) is 25.9. The number of carbonyl (C=O) groups excluding carboxylic acids is 1. The number of hydrogen-bond donors (Lipinski definition) is 1. The van der Waals surface area contributed by atoms with Crippen molar-refractivity contribution >= 4 is 29.2 Å². The largest absolute Gasteiger partial charge is 0.368 e. The number of rotatable bonds is 7. The van der Waals surface area contributed by atoms with Crippen LogP contribution in [0.25, 0.3) is 0 Å². The molecule has 1 fully saturated rings. The highest BCUT2D eigenvalue weighted by Gasteiger charge is 2.21. The Bertz CT molecular complexity index is 994. The highest BCUT2D eigenvalue weighted by molar-refractivity contribution is 8.00. The molecule has 1 aliphatic heterocycles. The molecule has 1 amide bonds. The lowest BCUT2D eigenvalue weighted by Crippen LogP contribution is -2.47. The summed E-state index contributed by atoms with van der Waals surface area (Å²) in [5.74, 6) is 0.688. The predicted octanol–water partition coefficient (Wildman–Crippen LogP) is 3.35. The van der Waals surface area contributed by atoms with Gasteiger partial charge in [0.2, 0.25) is 5.91 Å². The maximum absolute atomic E-state index is 13.0. The van der Waals surface area contributed by atoms with Gasteiger partial charge in [-0.3, -0.25) is 4.79 Å². The topological polar surface area (TPSA) is 61.4 Å². The first-order valence-corrected chi connectivity index (χ1v) is 11.2. The van der Waals surface area contributed by atoms with Gasteiger partial charge in [-0.15, -0.1) is 0 Å². The van der Waals surface area contributed by atoms with Crippen LogP contribution in [0.3, 0.4) is 0 Å². The number of piperazine rings is 1. The van der Waals surface area contributed by atoms with Gasteiger partial charge in [0.15, 0.2) is 5.82 Å². The van der Waals surface area contributed by atoms with Gasteiger partial charge >= 0.3 is 0 Å². The van der Waals surface area contributed by atoms with E-state index in [2.05, 4.69) is 49.4 Å². The van der Waals surface area contributed by atoms with Crippen molar-refractivity contribution in [3.05, 3.63) is 78.4 Å². The van der Waals surface area contributed by atoms with Gasteiger partial charge in [-0.05, 0) is 29.8 Å². The minimum absolute atomic E-state index is 0.0974. The van der Waals surface area contributed by atoms with E-state index >= 15 is 0 Å². The maximum Gasteiger partial charge on any atom is 0.230 e. The summed E-state index contributed by atoms with van der Waals surface area (Å²) in [5, 5.41) is 3.62. The second kappa shape index (κ2) is 10.3. The zero-order valence-corrected chi connectivity index (χ0v) is 17.9. The normalized spacial score (nSPS) is 13.8. The number of aromatic nitrogens is 2. The maximum atomic E-state index is 13.0. The minimum Gasteiger partial charge on any atom is -0.368 e. The number of benzene rings is 2. The molecule has 1 aliphatic rings. The summed E-state index contributed by atoms with van der Waals surface area (Å²) in [5.41, 5.74) is 2.09. The first-order valence-electron chi connectivity index (χ1n) is 10.2. The Hall–Kier alpha value is -3.13. The van der Waals surface area contributed by atoms with Crippen LogP contribution >= 0.6 is 11.8 Å². The van der Waals surface area contributed by atoms with Crippen LogP contribution in [0.15, 0.2) is 72.0 Å². The van der Waals surface area contributed by atoms with E-state index in [1.807, 2.05) is 6.07 Å². The van der Waals surface area contributed by atoms with Crippen molar-refractivity contribution in [2.75, 3.05) is 41.7 Å². The average molecular weight is 438 g/mol. The lowest BCUT2D eigenvalue weighted by Gasteiger charge is -2.37. The molecule has 0 saturated carbocycles. The van der Waals surface area contributed by atoms with Crippen molar-refractivity contribution < 1.29 is 9.18 Å². The molecule has 4 rings (SSSR count). The number of hydrogen-bond acceptors (Lipinski definition) is 6. The summed E-state index contributed by atoms with van der Waals surface area (Å²) >= 11 is 1.38. The highest BCUT2D eigenvalue weighted by Crippen LogP contribution is 2.27. The van der Waals surface area contributed by atoms with Gasteiger partial charge in [0.25, 0.3) is 0 Å². The molecule has 1 aromatic heterocycles. The molecule has 1 N–H and O–H groups in total. The van der Waals surface area contributed by atoms with Crippen LogP contribution < -0.4 is 15.1 Å². The molecule has 0 bridgehead atoms. The van der Waals surface area contributed by atoms with Crippen LogP contribution in [0.2, 0.25) is 0 Å². The second-order valence-electron chi connectivity index (χ2n) is 7.19. The van der Waals surface area contributed by atoms with Gasteiger partial charge < -0.3 is 15.1 Å². The monoisotopic (exact) mass is 437 g/mol. The van der Waals surface area contributed by atoms with Crippen molar-refractivity contribution in [1.82, 2.24) is 15.3 Å². The molecular weight excluding hydrogens is 413 g/mol. The molecule has 0 unspecified atom stereocenters. The molecule has 0 atom stereocenters. The molecule has 160 valence electrons. The fourth-order valence-corrected chi connectivity index (χ4v) is 4.26. The van der Waals surface area contributed by atoms with Crippen molar-refractivity contribution in [3.8, 4) is 0 Å². The Labute approximate surface area is 185 Å². The number of carbonyl (C=O) groups is 1. The third-order valence-corrected chi connectivity index (χ3v) is 6.06. The minimum atomic E-state index is -0.287. The first-order chi connectivity index (χ1) is 15.2. The number of amides is 1. The fourth-order valence-electron chi connectivity index (χ4n) is 3.44. The molecule has 8 heteroatoms. The van der Waals surface area contributed by atoms with Crippen LogP contribution in [-0.2, 0) is 11.3 Å². The Morgan fingerprint density at radius 1 is 0.935 bits per heavy atom. The third-order valence-electron chi connectivity index (χ3n) is 5.09. The summed E-state index contributed by atoms with van der Waals surface area (Å²) in [6, 6.07) is 16.5. The van der Waals surface area contributed by atoms with Crippen molar-refractivity contribution in [2.45, 2.75) is 11.6 Å². The molecule has 1 saturated heterocycles. The van der Waals surface area contributed by atoms with Crippen LogP contribution in [0.1, 0.15) is 5.56 Å². The SMILES string of the molecule is O=C(CSc1nccnc1N1CCN(c2ccccc2)CC1)NCc1ccc(F)cc1. The van der Waals surface area contributed by atoms with E-state index < -0.39 is 0 Å². The Morgan fingerprint density at radius 2 is 1.61 bits per heavy atom. The van der Waals surface area contributed by atoms with Gasteiger partial charge in [-0.1, -0.05) is 42.1 Å². The predicted molar refractivity (Wildman–Crippen MR) is 122 cm³/mol. The standard InChI is InChI=1S/C23H24FN5OS/c24-19-8-6-18(7-9-19)16-27-21(30)17-31-23-22(25-10-11-26-23)29-14-12-28(13-15-29)20-4-2-1-3-5-20/h1-11H,12-17H2,(H,27,30). The molecule has 0 radical (unpaired) electrons. The highest BCUT2D eigenvalue weighted by atomic mass is 32.2. The quantitative estimate of drug-likeness (QED) is 0.572. The molecule has 3 aromatic rings. The van der Waals surface area contributed by atoms with E-state index in [0.717, 1.165) is 42.6 Å². The third kappa shape index (κ3) is 5.73. The van der Waals surface area contributed by atoms with E-state index in [9.17, 15) is 9.18 Å². The molecule has 0 spiro atoms. The Morgan fingerprint density at radius 3 is 2.35 bits per heavy atom. The van der Waals surface area contributed by atoms with Crippen molar-refractivity contribution in [1.29, 1.82) is 0 Å². The van der Waals surface area contributed by atoms with Gasteiger partial charge in [-0.2, -0.15) is 0 Å². The smallest absolute Gasteiger partial charge is 0.230 e. The number of halogens is 1. The summed E-state index contributed by atoms with van der Waals surface area (Å²) in [6.45, 7) is 3.87. The van der Waals surface area contributed by atoms with Crippen LogP contribution in [0, 0.1) is 5.82 Å². The summed E-state index contributed by atoms with van der Waals surface area (Å²) < 4.78 is 13.0. The second-order valence-corrected chi connectivity index (χ2v) is 8.15. The summed E-state index contributed by atoms with van der Waals surface area (Å²) in [6.07, 6.45) is 3.35. The van der Waals surface area contributed by atoms with E-state index in [-0.39, 0.29) is 17.5 Å². The van der Waals surface area contributed by atoms with Crippen molar-refractivity contribution in [2.24, 2.45) is 0 Å². The van der Waals surface area contributed by atoms with Gasteiger partial charge in [0.05, 0.1) is 5.75 Å². The molecule has 2 aromatic carbocycles. The molecule has 31 heavy (non-hydrogen) atoms. The van der Waals surface area contributed by atoms with E-state index in [1.54, 1.807) is 24.5 Å². The molecule has 0 aliphatic carbocycles. The van der Waals surface area contributed by atoms with Crippen molar-refractivity contribution in [3.63, 3.8) is 0 Å². The Balaban J connectivity index is 1.30. The zero-order chi connectivity index (χ0) is 21.5. The number of nitrogens with zero attached hydrogens (tertiary/aromatic N) is 4. The van der Waals surface area contributed by atoms with Gasteiger partial charge in [0, 0.05) is 50.8 Å². The number of anilines is 2. The van der Waals surface area contributed by atoms with Gasteiger partial charge in [0.1, 0.15) is 10.8 Å². The van der Waals surface area contributed by atoms with Crippen LogP contribution in [0.5, 0.6) is 0 Å². The first kappa shape index (κ1) is 21.1. The lowest BCUT2D eigenvalue weighted by molar-refractivity contribution is -0.118. The molecule has 6 nitrogen and oxygen atoms in total. The Kier molecular flexibility index (Phi) is 6.99. The van der Waals surface area contributed by atoms with Gasteiger partial charge in [-0.25, -0.2) is 14.4 Å². The zero-order valence-electron chi connectivity index (χ0n) is 17.1. The van der Waals surface area contributed by atoms with E-state index in [4.69, 9.17) is 0 Å². The summed E-state index contributed by atoms with van der Waals surface area (Å²) in [7, 11) is 0. The lowest BCUT2D eigenvalue weighted by atomic mass is 10.2. The van der Waals surface area contributed by atoms with E-state index in [0.29, 0.717) is 6.54 Å². The van der Waals surface area contributed by atoms with Crippen LogP contribution in [-0.4, -0.2) is 47.8 Å². The number of nitrogens with one attached hydrogen (secondary N) is 1. The molecular formula is C23H24FN5OS. The van der Waals surface area contributed by atoms with Crippen LogP contribution in [0.4, 0.5) is 15.9 Å². The van der Waals surface area contributed by atoms with E-state index in [1.165, 1.54) is 29.6 Å². The average Bonchev–Trinajstić information content (AvgIpc) is 2.83. The molecule has 2 heterocycles. The fraction of sp³-hybridized carbons (Fsp3) is 0.261. The number of thioether (sulfide) groups is 1. The number of para-hydroxylation sites is 1.